The summed E-state index contributed by atoms with van der Waals surface area (Å²) in [6.45, 7) is 3.53. The Morgan fingerprint density at radius 1 is 0.895 bits per heavy atom. The highest BCUT2D eigenvalue weighted by atomic mass is 16.5. The molecule has 2 heterocycles. The maximum absolute atomic E-state index is 11.7. The molecule has 0 N–H and O–H groups in total. The van der Waals surface area contributed by atoms with E-state index in [0.29, 0.717) is 26.2 Å². The van der Waals surface area contributed by atoms with E-state index >= 15 is 0 Å². The lowest BCUT2D eigenvalue weighted by molar-refractivity contribution is -0.136. The monoisotopic (exact) mass is 268 g/mol. The first kappa shape index (κ1) is 14.3. The van der Waals surface area contributed by atoms with Crippen LogP contribution in [0.4, 0.5) is 0 Å². The molecule has 5 nitrogen and oxygen atoms in total. The summed E-state index contributed by atoms with van der Waals surface area (Å²) in [5, 5.41) is 0. The van der Waals surface area contributed by atoms with Gasteiger partial charge in [0.25, 0.3) is 0 Å². The first-order valence-electron chi connectivity index (χ1n) is 7.40. The second-order valence-corrected chi connectivity index (χ2v) is 5.34. The van der Waals surface area contributed by atoms with Crippen molar-refractivity contribution >= 4 is 11.8 Å². The summed E-state index contributed by atoms with van der Waals surface area (Å²) in [7, 11) is 0. The van der Waals surface area contributed by atoms with E-state index in [9.17, 15) is 9.59 Å². The van der Waals surface area contributed by atoms with Gasteiger partial charge in [0, 0.05) is 32.5 Å². The number of carbonyl (C=O) groups excluding carboxylic acids is 2. The predicted octanol–water partition coefficient (Wildman–Crippen LogP) is 1.38. The Balaban J connectivity index is 1.55. The Hall–Kier alpha value is -1.10. The van der Waals surface area contributed by atoms with Gasteiger partial charge < -0.3 is 14.5 Å². The van der Waals surface area contributed by atoms with Gasteiger partial charge in [-0.25, -0.2) is 0 Å². The van der Waals surface area contributed by atoms with Crippen LogP contribution in [-0.2, 0) is 14.3 Å². The van der Waals surface area contributed by atoms with Crippen LogP contribution >= 0.6 is 0 Å². The van der Waals surface area contributed by atoms with Crippen molar-refractivity contribution in [1.29, 1.82) is 0 Å². The highest BCUT2D eigenvalue weighted by Gasteiger charge is 2.19. The minimum absolute atomic E-state index is 0.215. The zero-order valence-electron chi connectivity index (χ0n) is 11.6. The van der Waals surface area contributed by atoms with Gasteiger partial charge in [-0.2, -0.15) is 0 Å². The fourth-order valence-electron chi connectivity index (χ4n) is 2.65. The molecule has 108 valence electrons. The Morgan fingerprint density at radius 3 is 2.42 bits per heavy atom. The van der Waals surface area contributed by atoms with Crippen LogP contribution in [-0.4, -0.2) is 54.6 Å². The first-order chi connectivity index (χ1) is 9.27. The van der Waals surface area contributed by atoms with Crippen molar-refractivity contribution in [3.05, 3.63) is 0 Å². The van der Waals surface area contributed by atoms with E-state index in [2.05, 4.69) is 0 Å². The molecule has 0 unspecified atom stereocenters. The van der Waals surface area contributed by atoms with Gasteiger partial charge in [-0.1, -0.05) is 6.42 Å². The molecule has 19 heavy (non-hydrogen) atoms. The van der Waals surface area contributed by atoms with Crippen LogP contribution in [0, 0.1) is 0 Å². The van der Waals surface area contributed by atoms with E-state index in [-0.39, 0.29) is 11.8 Å². The van der Waals surface area contributed by atoms with Crippen molar-refractivity contribution in [3.63, 3.8) is 0 Å². The number of amides is 2. The Kier molecular flexibility index (Phi) is 5.63. The summed E-state index contributed by atoms with van der Waals surface area (Å²) in [4.78, 5) is 26.8. The fraction of sp³-hybridized carbons (Fsp3) is 0.857. The molecule has 0 aromatic carbocycles. The molecular formula is C14H24N2O3. The second kappa shape index (κ2) is 7.48. The number of hydrogen-bond acceptors (Lipinski definition) is 3. The number of carbonyl (C=O) groups is 2. The van der Waals surface area contributed by atoms with Crippen LogP contribution in [0.2, 0.25) is 0 Å². The average Bonchev–Trinajstić information content (AvgIpc) is 2.69. The van der Waals surface area contributed by atoms with Gasteiger partial charge in [-0.05, 0) is 25.7 Å². The molecule has 0 aromatic heterocycles. The molecule has 0 atom stereocenters. The molecule has 2 aliphatic heterocycles. The van der Waals surface area contributed by atoms with Gasteiger partial charge in [-0.3, -0.25) is 9.59 Å². The smallest absolute Gasteiger partial charge is 0.224 e. The van der Waals surface area contributed by atoms with Crippen LogP contribution in [0.3, 0.4) is 0 Å². The minimum Gasteiger partial charge on any atom is -0.361 e. The maximum Gasteiger partial charge on any atom is 0.224 e. The summed E-state index contributed by atoms with van der Waals surface area (Å²) in [5.74, 6) is 0.481. The summed E-state index contributed by atoms with van der Waals surface area (Å²) in [6.07, 6.45) is 6.42. The lowest BCUT2D eigenvalue weighted by Crippen LogP contribution is -2.33. The van der Waals surface area contributed by atoms with Crippen LogP contribution in [0.25, 0.3) is 0 Å². The van der Waals surface area contributed by atoms with Gasteiger partial charge in [-0.15, -0.1) is 0 Å². The predicted molar refractivity (Wildman–Crippen MR) is 71.4 cm³/mol. The number of likely N-dealkylation sites (tertiary alicyclic amines) is 2. The molecule has 0 saturated carbocycles. The van der Waals surface area contributed by atoms with Gasteiger partial charge in [0.15, 0.2) is 0 Å². The second-order valence-electron chi connectivity index (χ2n) is 5.34. The van der Waals surface area contributed by atoms with E-state index in [1.165, 1.54) is 0 Å². The molecule has 0 radical (unpaired) electrons. The first-order valence-corrected chi connectivity index (χ1v) is 7.40. The van der Waals surface area contributed by atoms with Crippen molar-refractivity contribution in [1.82, 2.24) is 9.80 Å². The topological polar surface area (TPSA) is 49.9 Å². The zero-order valence-corrected chi connectivity index (χ0v) is 11.6. The molecule has 2 saturated heterocycles. The standard InChI is InChI=1S/C14H24N2O3/c17-13-7-4-9-15(13)10-5-11-19-12-16-8-3-1-2-6-14(16)18/h1-12H2. The molecule has 0 aromatic rings. The maximum atomic E-state index is 11.7. The molecule has 5 heteroatoms. The van der Waals surface area contributed by atoms with Crippen molar-refractivity contribution in [2.24, 2.45) is 0 Å². The summed E-state index contributed by atoms with van der Waals surface area (Å²) in [6, 6.07) is 0. The molecule has 2 amide bonds. The fourth-order valence-corrected chi connectivity index (χ4v) is 2.65. The Bertz CT molecular complexity index is 320. The minimum atomic E-state index is 0.215. The van der Waals surface area contributed by atoms with Gasteiger partial charge >= 0.3 is 0 Å². The van der Waals surface area contributed by atoms with Crippen molar-refractivity contribution in [2.75, 3.05) is 33.0 Å². The van der Waals surface area contributed by atoms with Gasteiger partial charge in [0.05, 0.1) is 6.61 Å². The van der Waals surface area contributed by atoms with Crippen molar-refractivity contribution in [2.45, 2.75) is 44.9 Å². The highest BCUT2D eigenvalue weighted by Crippen LogP contribution is 2.11. The molecule has 2 rings (SSSR count). The largest absolute Gasteiger partial charge is 0.361 e. The van der Waals surface area contributed by atoms with E-state index in [0.717, 1.165) is 51.7 Å². The van der Waals surface area contributed by atoms with Crippen LogP contribution in [0.1, 0.15) is 44.9 Å². The number of rotatable bonds is 6. The Labute approximate surface area is 114 Å². The molecule has 0 spiro atoms. The van der Waals surface area contributed by atoms with Crippen LogP contribution < -0.4 is 0 Å². The highest BCUT2D eigenvalue weighted by molar-refractivity contribution is 5.78. The summed E-state index contributed by atoms with van der Waals surface area (Å²) in [5.41, 5.74) is 0. The molecule has 2 aliphatic rings. The SMILES string of the molecule is O=C1CCCN1CCCOCN1CCCCCC1=O. The van der Waals surface area contributed by atoms with E-state index < -0.39 is 0 Å². The van der Waals surface area contributed by atoms with Gasteiger partial charge in [0.1, 0.15) is 6.73 Å². The molecule has 0 bridgehead atoms. The normalized spacial score (nSPS) is 21.1. The third kappa shape index (κ3) is 4.49. The lowest BCUT2D eigenvalue weighted by atomic mass is 10.2. The van der Waals surface area contributed by atoms with Crippen LogP contribution in [0.5, 0.6) is 0 Å². The van der Waals surface area contributed by atoms with E-state index in [1.54, 1.807) is 0 Å². The summed E-state index contributed by atoms with van der Waals surface area (Å²) >= 11 is 0. The third-order valence-electron chi connectivity index (χ3n) is 3.81. The number of hydrogen-bond donors (Lipinski definition) is 0. The Morgan fingerprint density at radius 2 is 1.63 bits per heavy atom. The zero-order chi connectivity index (χ0) is 13.5. The van der Waals surface area contributed by atoms with Crippen molar-refractivity contribution < 1.29 is 14.3 Å². The lowest BCUT2D eigenvalue weighted by Gasteiger charge is -2.21. The van der Waals surface area contributed by atoms with E-state index in [1.807, 2.05) is 9.80 Å². The average molecular weight is 268 g/mol. The van der Waals surface area contributed by atoms with E-state index in [4.69, 9.17) is 4.74 Å². The number of nitrogens with zero attached hydrogens (tertiary/aromatic N) is 2. The molecule has 2 fully saturated rings. The number of ether oxygens (including phenoxy) is 1. The van der Waals surface area contributed by atoms with Gasteiger partial charge in [0.2, 0.25) is 11.8 Å². The third-order valence-corrected chi connectivity index (χ3v) is 3.81. The summed E-state index contributed by atoms with van der Waals surface area (Å²) < 4.78 is 5.56. The molecular weight excluding hydrogens is 244 g/mol. The van der Waals surface area contributed by atoms with Crippen LogP contribution in [0.15, 0.2) is 0 Å². The molecule has 0 aliphatic carbocycles. The van der Waals surface area contributed by atoms with Crippen molar-refractivity contribution in [3.8, 4) is 0 Å². The quantitative estimate of drug-likeness (QED) is 0.684.